The highest BCUT2D eigenvalue weighted by Gasteiger charge is 2.28. The summed E-state index contributed by atoms with van der Waals surface area (Å²) < 4.78 is 6.00. The van der Waals surface area contributed by atoms with Gasteiger partial charge in [0.15, 0.2) is 0 Å². The van der Waals surface area contributed by atoms with Gasteiger partial charge in [-0.1, -0.05) is 0 Å². The molecule has 1 aliphatic heterocycles. The van der Waals surface area contributed by atoms with Crippen LogP contribution in [0.5, 0.6) is 5.88 Å². The van der Waals surface area contributed by atoms with Crippen LogP contribution in [0.25, 0.3) is 0 Å². The van der Waals surface area contributed by atoms with Gasteiger partial charge in [-0.05, 0) is 36.8 Å². The number of aromatic nitrogens is 2. The standard InChI is InChI=1S/C12H19BrN4O/c1-8-6-17(7-9(2)16(8)3)12-14-5-10(13)11(15-12)18-4/h5,8-9H,6-7H2,1-4H3. The summed E-state index contributed by atoms with van der Waals surface area (Å²) in [4.78, 5) is 13.4. The van der Waals surface area contributed by atoms with Gasteiger partial charge < -0.3 is 9.64 Å². The van der Waals surface area contributed by atoms with Crippen molar-refractivity contribution in [1.29, 1.82) is 0 Å². The molecular formula is C12H19BrN4O. The number of anilines is 1. The smallest absolute Gasteiger partial charge is 0.232 e. The van der Waals surface area contributed by atoms with Crippen LogP contribution in [-0.2, 0) is 0 Å². The number of nitrogens with zero attached hydrogens (tertiary/aromatic N) is 4. The van der Waals surface area contributed by atoms with Crippen molar-refractivity contribution in [1.82, 2.24) is 14.9 Å². The van der Waals surface area contributed by atoms with E-state index in [1.165, 1.54) is 0 Å². The van der Waals surface area contributed by atoms with E-state index in [0.717, 1.165) is 23.5 Å². The zero-order chi connectivity index (χ0) is 13.3. The molecule has 2 rings (SSSR count). The fourth-order valence-corrected chi connectivity index (χ4v) is 2.56. The Bertz CT molecular complexity index is 417. The summed E-state index contributed by atoms with van der Waals surface area (Å²) in [7, 11) is 3.78. The largest absolute Gasteiger partial charge is 0.480 e. The van der Waals surface area contributed by atoms with Crippen molar-refractivity contribution in [3.05, 3.63) is 10.7 Å². The second-order valence-corrected chi connectivity index (χ2v) is 5.65. The van der Waals surface area contributed by atoms with Crippen molar-refractivity contribution in [2.75, 3.05) is 32.1 Å². The van der Waals surface area contributed by atoms with Gasteiger partial charge in [0, 0.05) is 25.2 Å². The molecule has 0 bridgehead atoms. The van der Waals surface area contributed by atoms with Crippen molar-refractivity contribution < 1.29 is 4.74 Å². The van der Waals surface area contributed by atoms with Gasteiger partial charge in [-0.3, -0.25) is 4.90 Å². The summed E-state index contributed by atoms with van der Waals surface area (Å²) in [5, 5.41) is 0. The molecule has 1 aromatic heterocycles. The van der Waals surface area contributed by atoms with Crippen molar-refractivity contribution in [2.24, 2.45) is 0 Å². The highest BCUT2D eigenvalue weighted by atomic mass is 79.9. The van der Waals surface area contributed by atoms with E-state index in [4.69, 9.17) is 4.74 Å². The normalized spacial score (nSPS) is 25.3. The van der Waals surface area contributed by atoms with Gasteiger partial charge in [0.1, 0.15) is 0 Å². The quantitative estimate of drug-likeness (QED) is 0.832. The Morgan fingerprint density at radius 1 is 1.33 bits per heavy atom. The topological polar surface area (TPSA) is 41.5 Å². The van der Waals surface area contributed by atoms with Crippen LogP contribution in [0.2, 0.25) is 0 Å². The minimum Gasteiger partial charge on any atom is -0.480 e. The molecule has 1 saturated heterocycles. The van der Waals surface area contributed by atoms with E-state index in [9.17, 15) is 0 Å². The van der Waals surface area contributed by atoms with E-state index in [1.807, 2.05) is 0 Å². The molecule has 1 fully saturated rings. The average molecular weight is 315 g/mol. The average Bonchev–Trinajstić information content (AvgIpc) is 2.36. The number of hydrogen-bond acceptors (Lipinski definition) is 5. The first-order valence-corrected chi connectivity index (χ1v) is 6.85. The Balaban J connectivity index is 2.21. The Morgan fingerprint density at radius 2 is 1.94 bits per heavy atom. The van der Waals surface area contributed by atoms with E-state index < -0.39 is 0 Å². The van der Waals surface area contributed by atoms with E-state index in [2.05, 4.69) is 56.6 Å². The molecule has 2 atom stereocenters. The predicted molar refractivity (Wildman–Crippen MR) is 75.2 cm³/mol. The molecule has 0 N–H and O–H groups in total. The predicted octanol–water partition coefficient (Wildman–Crippen LogP) is 1.78. The summed E-state index contributed by atoms with van der Waals surface area (Å²) in [6, 6.07) is 0.985. The minimum atomic E-state index is 0.493. The number of methoxy groups -OCH3 is 1. The molecule has 0 aliphatic carbocycles. The molecule has 5 nitrogen and oxygen atoms in total. The summed E-state index contributed by atoms with van der Waals surface area (Å²) >= 11 is 3.37. The molecule has 0 spiro atoms. The molecule has 2 heterocycles. The molecule has 1 aromatic rings. The molecule has 0 amide bonds. The minimum absolute atomic E-state index is 0.493. The zero-order valence-electron chi connectivity index (χ0n) is 11.2. The van der Waals surface area contributed by atoms with E-state index in [-0.39, 0.29) is 0 Å². The van der Waals surface area contributed by atoms with Gasteiger partial charge in [0.2, 0.25) is 11.8 Å². The molecule has 0 aromatic carbocycles. The van der Waals surface area contributed by atoms with Crippen LogP contribution >= 0.6 is 15.9 Å². The third kappa shape index (κ3) is 2.59. The van der Waals surface area contributed by atoms with Gasteiger partial charge in [0.25, 0.3) is 0 Å². The van der Waals surface area contributed by atoms with Crippen molar-refractivity contribution >= 4 is 21.9 Å². The number of likely N-dealkylation sites (N-methyl/N-ethyl adjacent to an activating group) is 1. The SMILES string of the molecule is COc1nc(N2CC(C)N(C)C(C)C2)ncc1Br. The maximum absolute atomic E-state index is 5.22. The van der Waals surface area contributed by atoms with Crippen molar-refractivity contribution in [3.63, 3.8) is 0 Å². The fraction of sp³-hybridized carbons (Fsp3) is 0.667. The fourth-order valence-electron chi connectivity index (χ4n) is 2.21. The first-order valence-electron chi connectivity index (χ1n) is 6.06. The number of rotatable bonds is 2. The van der Waals surface area contributed by atoms with Crippen LogP contribution in [0.4, 0.5) is 5.95 Å². The Morgan fingerprint density at radius 3 is 2.50 bits per heavy atom. The van der Waals surface area contributed by atoms with Gasteiger partial charge in [-0.15, -0.1) is 0 Å². The molecule has 1 aliphatic rings. The van der Waals surface area contributed by atoms with Crippen molar-refractivity contribution in [3.8, 4) is 5.88 Å². The van der Waals surface area contributed by atoms with Gasteiger partial charge in [-0.25, -0.2) is 4.98 Å². The maximum Gasteiger partial charge on any atom is 0.232 e. The zero-order valence-corrected chi connectivity index (χ0v) is 12.8. The highest BCUT2D eigenvalue weighted by molar-refractivity contribution is 9.10. The maximum atomic E-state index is 5.22. The number of halogens is 1. The van der Waals surface area contributed by atoms with Crippen LogP contribution in [-0.4, -0.2) is 54.2 Å². The first-order chi connectivity index (χ1) is 8.52. The van der Waals surface area contributed by atoms with Gasteiger partial charge in [-0.2, -0.15) is 4.98 Å². The third-order valence-corrected chi connectivity index (χ3v) is 4.08. The third-order valence-electron chi connectivity index (χ3n) is 3.54. The van der Waals surface area contributed by atoms with Gasteiger partial charge >= 0.3 is 0 Å². The lowest BCUT2D eigenvalue weighted by Crippen LogP contribution is -2.55. The van der Waals surface area contributed by atoms with E-state index >= 15 is 0 Å². The van der Waals surface area contributed by atoms with Crippen LogP contribution in [0.15, 0.2) is 10.7 Å². The Hall–Kier alpha value is -0.880. The first kappa shape index (κ1) is 13.5. The van der Waals surface area contributed by atoms with E-state index in [0.29, 0.717) is 18.0 Å². The second kappa shape index (κ2) is 5.40. The summed E-state index contributed by atoms with van der Waals surface area (Å²) in [5.41, 5.74) is 0. The van der Waals surface area contributed by atoms with Crippen LogP contribution < -0.4 is 9.64 Å². The van der Waals surface area contributed by atoms with Crippen molar-refractivity contribution in [2.45, 2.75) is 25.9 Å². The number of ether oxygens (including phenoxy) is 1. The number of hydrogen-bond donors (Lipinski definition) is 0. The molecule has 0 radical (unpaired) electrons. The lowest BCUT2D eigenvalue weighted by Gasteiger charge is -2.42. The monoisotopic (exact) mass is 314 g/mol. The van der Waals surface area contributed by atoms with E-state index in [1.54, 1.807) is 13.3 Å². The van der Waals surface area contributed by atoms with Gasteiger partial charge in [0.05, 0.1) is 17.8 Å². The Kier molecular flexibility index (Phi) is 4.07. The molecule has 6 heteroatoms. The highest BCUT2D eigenvalue weighted by Crippen LogP contribution is 2.25. The summed E-state index contributed by atoms with van der Waals surface area (Å²) in [6.07, 6.45) is 1.74. The molecule has 2 unspecified atom stereocenters. The lowest BCUT2D eigenvalue weighted by atomic mass is 10.1. The Labute approximate surface area is 116 Å². The number of piperazine rings is 1. The molecule has 100 valence electrons. The van der Waals surface area contributed by atoms with Crippen LogP contribution in [0, 0.1) is 0 Å². The van der Waals surface area contributed by atoms with Crippen LogP contribution in [0.1, 0.15) is 13.8 Å². The molecule has 0 saturated carbocycles. The molecule has 18 heavy (non-hydrogen) atoms. The van der Waals surface area contributed by atoms with Crippen LogP contribution in [0.3, 0.4) is 0 Å². The lowest BCUT2D eigenvalue weighted by molar-refractivity contribution is 0.169. The summed E-state index contributed by atoms with van der Waals surface area (Å²) in [6.45, 7) is 6.31. The molecular weight excluding hydrogens is 296 g/mol. The summed E-state index contributed by atoms with van der Waals surface area (Å²) in [5.74, 6) is 1.32. The second-order valence-electron chi connectivity index (χ2n) is 4.80.